The first kappa shape index (κ1) is 20.4. The largest absolute Gasteiger partial charge is 0.394 e. The standard InChI is InChI=1S/C21H31N3O2/c1-4-6-11-23(3)14-19-17(5-2)13-24(20(19)15-25)21(26)18-9-7-16(12-22)8-10-18/h7-10,17,19-20,25H,4-6,11,13-15H2,1-3H3/t17-,19-,20-/m1/s1. The fraction of sp³-hybridized carbons (Fsp3) is 0.619. The molecule has 1 aliphatic rings. The van der Waals surface area contributed by atoms with E-state index in [9.17, 15) is 9.90 Å². The van der Waals surface area contributed by atoms with Crippen molar-refractivity contribution in [3.8, 4) is 6.07 Å². The van der Waals surface area contributed by atoms with Gasteiger partial charge in [-0.05, 0) is 56.1 Å². The molecule has 1 saturated heterocycles. The minimum Gasteiger partial charge on any atom is -0.394 e. The maximum absolute atomic E-state index is 13.0. The van der Waals surface area contributed by atoms with Crippen molar-refractivity contribution in [2.45, 2.75) is 39.2 Å². The van der Waals surface area contributed by atoms with Crippen molar-refractivity contribution in [1.82, 2.24) is 9.80 Å². The molecule has 3 atom stereocenters. The molecule has 1 N–H and O–H groups in total. The van der Waals surface area contributed by atoms with E-state index in [0.717, 1.165) is 25.9 Å². The number of rotatable bonds is 8. The number of carbonyl (C=O) groups excluding carboxylic acids is 1. The number of unbranched alkanes of at least 4 members (excludes halogenated alkanes) is 1. The Bertz CT molecular complexity index is 623. The van der Waals surface area contributed by atoms with Crippen molar-refractivity contribution in [3.63, 3.8) is 0 Å². The second kappa shape index (κ2) is 9.70. The predicted octanol–water partition coefficient (Wildman–Crippen LogP) is 2.75. The quantitative estimate of drug-likeness (QED) is 0.777. The van der Waals surface area contributed by atoms with Crippen LogP contribution >= 0.6 is 0 Å². The van der Waals surface area contributed by atoms with Crippen molar-refractivity contribution in [1.29, 1.82) is 5.26 Å². The third-order valence-corrected chi connectivity index (χ3v) is 5.58. The third-order valence-electron chi connectivity index (χ3n) is 5.58. The molecule has 2 rings (SSSR count). The molecule has 0 radical (unpaired) electrons. The molecule has 1 aromatic rings. The summed E-state index contributed by atoms with van der Waals surface area (Å²) in [6.07, 6.45) is 3.33. The number of carbonyl (C=O) groups is 1. The number of nitrogens with zero attached hydrogens (tertiary/aromatic N) is 3. The second-order valence-electron chi connectivity index (χ2n) is 7.34. The Morgan fingerprint density at radius 1 is 1.35 bits per heavy atom. The van der Waals surface area contributed by atoms with Crippen molar-refractivity contribution in [3.05, 3.63) is 35.4 Å². The summed E-state index contributed by atoms with van der Waals surface area (Å²) in [5, 5.41) is 19.0. The molecule has 26 heavy (non-hydrogen) atoms. The molecule has 0 spiro atoms. The van der Waals surface area contributed by atoms with Gasteiger partial charge in [-0.3, -0.25) is 4.79 Å². The first-order valence-corrected chi connectivity index (χ1v) is 9.66. The van der Waals surface area contributed by atoms with Gasteiger partial charge in [0.2, 0.25) is 0 Å². The van der Waals surface area contributed by atoms with Crippen LogP contribution in [0.15, 0.2) is 24.3 Å². The summed E-state index contributed by atoms with van der Waals surface area (Å²) in [5.74, 6) is 0.637. The van der Waals surface area contributed by atoms with Gasteiger partial charge in [-0.1, -0.05) is 26.7 Å². The van der Waals surface area contributed by atoms with Gasteiger partial charge in [0.05, 0.1) is 24.3 Å². The summed E-state index contributed by atoms with van der Waals surface area (Å²) in [4.78, 5) is 17.2. The topological polar surface area (TPSA) is 67.6 Å². The Hall–Kier alpha value is -1.90. The van der Waals surface area contributed by atoms with E-state index in [1.165, 1.54) is 6.42 Å². The van der Waals surface area contributed by atoms with E-state index in [1.807, 2.05) is 4.90 Å². The molecule has 0 aromatic heterocycles. The van der Waals surface area contributed by atoms with Gasteiger partial charge in [-0.25, -0.2) is 0 Å². The molecular weight excluding hydrogens is 326 g/mol. The molecule has 142 valence electrons. The number of aliphatic hydroxyl groups is 1. The van der Waals surface area contributed by atoms with E-state index in [2.05, 4.69) is 31.9 Å². The zero-order valence-corrected chi connectivity index (χ0v) is 16.2. The highest BCUT2D eigenvalue weighted by Crippen LogP contribution is 2.33. The monoisotopic (exact) mass is 357 g/mol. The van der Waals surface area contributed by atoms with Crippen molar-refractivity contribution in [2.75, 3.05) is 33.3 Å². The van der Waals surface area contributed by atoms with Gasteiger partial charge in [0, 0.05) is 18.7 Å². The van der Waals surface area contributed by atoms with Crippen LogP contribution in [0.1, 0.15) is 49.0 Å². The average Bonchev–Trinajstić information content (AvgIpc) is 3.03. The molecule has 1 aliphatic heterocycles. The SMILES string of the molecule is CCCCN(C)C[C@@H]1[C@H](CC)CN(C(=O)c2ccc(C#N)cc2)[C@@H]1CO. The lowest BCUT2D eigenvalue weighted by atomic mass is 9.88. The number of benzene rings is 1. The van der Waals surface area contributed by atoms with E-state index >= 15 is 0 Å². The minimum absolute atomic E-state index is 0.00912. The first-order valence-electron chi connectivity index (χ1n) is 9.66. The fourth-order valence-electron chi connectivity index (χ4n) is 3.97. The maximum Gasteiger partial charge on any atom is 0.254 e. The van der Waals surface area contributed by atoms with E-state index in [0.29, 0.717) is 23.6 Å². The summed E-state index contributed by atoms with van der Waals surface area (Å²) in [5.41, 5.74) is 1.13. The lowest BCUT2D eigenvalue weighted by molar-refractivity contribution is 0.0623. The van der Waals surface area contributed by atoms with Crippen LogP contribution in [0, 0.1) is 23.2 Å². The van der Waals surface area contributed by atoms with Gasteiger partial charge in [-0.15, -0.1) is 0 Å². The molecule has 1 amide bonds. The smallest absolute Gasteiger partial charge is 0.254 e. The highest BCUT2D eigenvalue weighted by Gasteiger charge is 2.43. The Morgan fingerprint density at radius 2 is 2.04 bits per heavy atom. The van der Waals surface area contributed by atoms with Gasteiger partial charge in [-0.2, -0.15) is 5.26 Å². The molecule has 1 aromatic carbocycles. The normalized spacial score (nSPS) is 22.6. The molecule has 1 fully saturated rings. The second-order valence-corrected chi connectivity index (χ2v) is 7.34. The molecule has 0 aliphatic carbocycles. The number of likely N-dealkylation sites (tertiary alicyclic amines) is 1. The number of amides is 1. The molecule has 5 heteroatoms. The summed E-state index contributed by atoms with van der Waals surface area (Å²) in [6.45, 7) is 6.98. The lowest BCUT2D eigenvalue weighted by Gasteiger charge is -2.30. The van der Waals surface area contributed by atoms with Crippen LogP contribution in [-0.2, 0) is 0 Å². The van der Waals surface area contributed by atoms with Crippen LogP contribution in [0.5, 0.6) is 0 Å². The van der Waals surface area contributed by atoms with Crippen molar-refractivity contribution in [2.24, 2.45) is 11.8 Å². The maximum atomic E-state index is 13.0. The van der Waals surface area contributed by atoms with Crippen LogP contribution < -0.4 is 0 Å². The zero-order chi connectivity index (χ0) is 19.1. The number of hydrogen-bond donors (Lipinski definition) is 1. The predicted molar refractivity (Wildman–Crippen MR) is 103 cm³/mol. The summed E-state index contributed by atoms with van der Waals surface area (Å²) in [7, 11) is 2.13. The number of aliphatic hydroxyl groups excluding tert-OH is 1. The summed E-state index contributed by atoms with van der Waals surface area (Å²) in [6, 6.07) is 8.68. The van der Waals surface area contributed by atoms with Gasteiger partial charge >= 0.3 is 0 Å². The first-order chi connectivity index (χ1) is 12.5. The van der Waals surface area contributed by atoms with E-state index in [-0.39, 0.29) is 24.5 Å². The Labute approximate surface area is 157 Å². The van der Waals surface area contributed by atoms with Crippen molar-refractivity contribution < 1.29 is 9.90 Å². The van der Waals surface area contributed by atoms with Gasteiger partial charge in [0.25, 0.3) is 5.91 Å². The van der Waals surface area contributed by atoms with Gasteiger partial charge in [0.15, 0.2) is 0 Å². The van der Waals surface area contributed by atoms with Crippen LogP contribution in [0.2, 0.25) is 0 Å². The van der Waals surface area contributed by atoms with Crippen LogP contribution in [0.3, 0.4) is 0 Å². The van der Waals surface area contributed by atoms with Gasteiger partial charge < -0.3 is 14.9 Å². The average molecular weight is 357 g/mol. The third kappa shape index (κ3) is 4.63. The minimum atomic E-state index is -0.146. The molecule has 1 heterocycles. The van der Waals surface area contributed by atoms with Crippen molar-refractivity contribution >= 4 is 5.91 Å². The highest BCUT2D eigenvalue weighted by molar-refractivity contribution is 5.94. The Kier molecular flexibility index (Phi) is 7.62. The zero-order valence-electron chi connectivity index (χ0n) is 16.2. The van der Waals surface area contributed by atoms with Crippen LogP contribution in [-0.4, -0.2) is 60.1 Å². The molecule has 0 bridgehead atoms. The summed E-state index contributed by atoms with van der Waals surface area (Å²) >= 11 is 0. The van der Waals surface area contributed by atoms with Gasteiger partial charge in [0.1, 0.15) is 0 Å². The van der Waals surface area contributed by atoms with E-state index in [1.54, 1.807) is 24.3 Å². The lowest BCUT2D eigenvalue weighted by Crippen LogP contribution is -2.43. The molecule has 0 saturated carbocycles. The Morgan fingerprint density at radius 3 is 2.58 bits per heavy atom. The Balaban J connectivity index is 2.15. The van der Waals surface area contributed by atoms with Crippen LogP contribution in [0.4, 0.5) is 0 Å². The van der Waals surface area contributed by atoms with Crippen LogP contribution in [0.25, 0.3) is 0 Å². The molecular formula is C21H31N3O2. The molecule has 0 unspecified atom stereocenters. The van der Waals surface area contributed by atoms with E-state index in [4.69, 9.17) is 5.26 Å². The molecule has 5 nitrogen and oxygen atoms in total. The van der Waals surface area contributed by atoms with E-state index < -0.39 is 0 Å². The number of nitriles is 1. The summed E-state index contributed by atoms with van der Waals surface area (Å²) < 4.78 is 0. The number of hydrogen-bond acceptors (Lipinski definition) is 4. The fourth-order valence-corrected chi connectivity index (χ4v) is 3.97. The highest BCUT2D eigenvalue weighted by atomic mass is 16.3.